The molecule has 0 spiro atoms. The van der Waals surface area contributed by atoms with Crippen LogP contribution in [-0.4, -0.2) is 38.6 Å². The van der Waals surface area contributed by atoms with E-state index in [0.717, 1.165) is 5.92 Å². The third kappa shape index (κ3) is 3.73. The highest BCUT2D eigenvalue weighted by Crippen LogP contribution is 2.13. The van der Waals surface area contributed by atoms with Crippen LogP contribution < -0.4 is 5.32 Å². The molecule has 0 radical (unpaired) electrons. The van der Waals surface area contributed by atoms with E-state index in [-0.39, 0.29) is 0 Å². The van der Waals surface area contributed by atoms with Crippen molar-refractivity contribution in [2.75, 3.05) is 33.7 Å². The lowest BCUT2D eigenvalue weighted by Crippen LogP contribution is -2.22. The molecule has 1 atom stereocenters. The van der Waals surface area contributed by atoms with Gasteiger partial charge in [0, 0.05) is 6.54 Å². The highest BCUT2D eigenvalue weighted by Gasteiger charge is 2.11. The Morgan fingerprint density at radius 3 is 2.82 bits per heavy atom. The summed E-state index contributed by atoms with van der Waals surface area (Å²) in [6, 6.07) is 0. The lowest BCUT2D eigenvalue weighted by Gasteiger charge is -2.18. The Morgan fingerprint density at radius 1 is 1.27 bits per heavy atom. The molecule has 0 aliphatic carbocycles. The van der Waals surface area contributed by atoms with Gasteiger partial charge < -0.3 is 10.2 Å². The van der Waals surface area contributed by atoms with E-state index in [1.807, 2.05) is 0 Å². The van der Waals surface area contributed by atoms with Crippen LogP contribution in [0.15, 0.2) is 0 Å². The molecule has 1 fully saturated rings. The normalized spacial score (nSPS) is 27.0. The molecule has 1 saturated heterocycles. The first kappa shape index (κ1) is 9.01. The van der Waals surface area contributed by atoms with Gasteiger partial charge in [-0.15, -0.1) is 0 Å². The molecule has 0 aromatic heterocycles. The third-order valence-electron chi connectivity index (χ3n) is 2.32. The van der Waals surface area contributed by atoms with Gasteiger partial charge in [0.2, 0.25) is 0 Å². The lowest BCUT2D eigenvalue weighted by molar-refractivity contribution is 0.306. The molecule has 1 heterocycles. The first-order chi connectivity index (χ1) is 5.29. The lowest BCUT2D eigenvalue weighted by atomic mass is 10.0. The van der Waals surface area contributed by atoms with E-state index in [2.05, 4.69) is 24.3 Å². The average molecular weight is 156 g/mol. The first-order valence-corrected chi connectivity index (χ1v) is 4.64. The topological polar surface area (TPSA) is 15.3 Å². The number of nitrogens with one attached hydrogen (secondary N) is 1. The van der Waals surface area contributed by atoms with Crippen LogP contribution in [0.3, 0.4) is 0 Å². The van der Waals surface area contributed by atoms with Crippen LogP contribution >= 0.6 is 0 Å². The van der Waals surface area contributed by atoms with Gasteiger partial charge in [-0.2, -0.15) is 0 Å². The van der Waals surface area contributed by atoms with Gasteiger partial charge in [-0.25, -0.2) is 0 Å². The molecule has 1 rings (SSSR count). The molecule has 0 aromatic carbocycles. The summed E-state index contributed by atoms with van der Waals surface area (Å²) >= 11 is 0. The maximum atomic E-state index is 3.43. The van der Waals surface area contributed by atoms with Crippen molar-refractivity contribution in [1.82, 2.24) is 10.2 Å². The van der Waals surface area contributed by atoms with Crippen molar-refractivity contribution in [2.24, 2.45) is 5.92 Å². The van der Waals surface area contributed by atoms with E-state index >= 15 is 0 Å². The van der Waals surface area contributed by atoms with Crippen LogP contribution in [-0.2, 0) is 0 Å². The van der Waals surface area contributed by atoms with Crippen LogP contribution in [0.5, 0.6) is 0 Å². The minimum atomic E-state index is 0.931. The van der Waals surface area contributed by atoms with E-state index in [0.29, 0.717) is 0 Å². The highest BCUT2D eigenvalue weighted by molar-refractivity contribution is 4.68. The van der Waals surface area contributed by atoms with Gasteiger partial charge in [-0.1, -0.05) is 0 Å². The molecule has 1 unspecified atom stereocenters. The summed E-state index contributed by atoms with van der Waals surface area (Å²) in [5.41, 5.74) is 0. The number of hydrogen-bond acceptors (Lipinski definition) is 2. The van der Waals surface area contributed by atoms with Crippen molar-refractivity contribution in [3.63, 3.8) is 0 Å². The molecular formula is C9H20N2. The average Bonchev–Trinajstić information content (AvgIpc) is 2.14. The smallest absolute Gasteiger partial charge is 0.000404 e. The number of nitrogens with zero attached hydrogens (tertiary/aromatic N) is 1. The fraction of sp³-hybridized carbons (Fsp3) is 1.00. The van der Waals surface area contributed by atoms with E-state index < -0.39 is 0 Å². The summed E-state index contributed by atoms with van der Waals surface area (Å²) in [5, 5.41) is 3.43. The zero-order valence-electron chi connectivity index (χ0n) is 7.77. The number of hydrogen-bond donors (Lipinski definition) is 1. The van der Waals surface area contributed by atoms with Crippen LogP contribution in [0.4, 0.5) is 0 Å². The Labute approximate surface area is 70.0 Å². The maximum absolute atomic E-state index is 3.43. The summed E-state index contributed by atoms with van der Waals surface area (Å²) in [7, 11) is 4.33. The van der Waals surface area contributed by atoms with Crippen molar-refractivity contribution in [3.05, 3.63) is 0 Å². The molecular weight excluding hydrogens is 136 g/mol. The fourth-order valence-electron chi connectivity index (χ4n) is 1.79. The van der Waals surface area contributed by atoms with Gasteiger partial charge in [0.25, 0.3) is 0 Å². The molecule has 2 nitrogen and oxygen atoms in total. The zero-order valence-corrected chi connectivity index (χ0v) is 7.77. The molecule has 2 heteroatoms. The number of rotatable bonds is 2. The Kier molecular flexibility index (Phi) is 3.87. The largest absolute Gasteiger partial charge is 0.317 e. The van der Waals surface area contributed by atoms with Gasteiger partial charge in [0.1, 0.15) is 0 Å². The van der Waals surface area contributed by atoms with Crippen molar-refractivity contribution in [1.29, 1.82) is 0 Å². The van der Waals surface area contributed by atoms with Gasteiger partial charge in [-0.05, 0) is 52.4 Å². The Hall–Kier alpha value is -0.0800. The van der Waals surface area contributed by atoms with E-state index in [1.54, 1.807) is 0 Å². The molecule has 0 saturated carbocycles. The van der Waals surface area contributed by atoms with Crippen molar-refractivity contribution in [3.8, 4) is 0 Å². The zero-order chi connectivity index (χ0) is 8.10. The minimum absolute atomic E-state index is 0.931. The van der Waals surface area contributed by atoms with Gasteiger partial charge in [0.15, 0.2) is 0 Å². The minimum Gasteiger partial charge on any atom is -0.317 e. The van der Waals surface area contributed by atoms with Crippen molar-refractivity contribution >= 4 is 0 Å². The summed E-state index contributed by atoms with van der Waals surface area (Å²) in [6.07, 6.45) is 4.13. The maximum Gasteiger partial charge on any atom is 0.000404 e. The predicted molar refractivity (Wildman–Crippen MR) is 48.8 cm³/mol. The van der Waals surface area contributed by atoms with Gasteiger partial charge in [-0.3, -0.25) is 0 Å². The SMILES string of the molecule is CN(C)CC1CCCNCC1. The Morgan fingerprint density at radius 2 is 2.09 bits per heavy atom. The molecule has 11 heavy (non-hydrogen) atoms. The third-order valence-corrected chi connectivity index (χ3v) is 2.32. The van der Waals surface area contributed by atoms with Crippen LogP contribution in [0.2, 0.25) is 0 Å². The van der Waals surface area contributed by atoms with Crippen molar-refractivity contribution < 1.29 is 0 Å². The molecule has 66 valence electrons. The van der Waals surface area contributed by atoms with E-state index in [1.165, 1.54) is 38.9 Å². The molecule has 0 bridgehead atoms. The molecule has 0 amide bonds. The summed E-state index contributed by atoms with van der Waals surface area (Å²) in [4.78, 5) is 2.30. The molecule has 0 aromatic rings. The van der Waals surface area contributed by atoms with Crippen LogP contribution in [0.1, 0.15) is 19.3 Å². The second kappa shape index (κ2) is 4.73. The van der Waals surface area contributed by atoms with Crippen LogP contribution in [0, 0.1) is 5.92 Å². The van der Waals surface area contributed by atoms with E-state index in [4.69, 9.17) is 0 Å². The van der Waals surface area contributed by atoms with Gasteiger partial charge in [0.05, 0.1) is 0 Å². The van der Waals surface area contributed by atoms with Crippen LogP contribution in [0.25, 0.3) is 0 Å². The monoisotopic (exact) mass is 156 g/mol. The molecule has 1 aliphatic rings. The van der Waals surface area contributed by atoms with Crippen molar-refractivity contribution in [2.45, 2.75) is 19.3 Å². The summed E-state index contributed by atoms with van der Waals surface area (Å²) in [5.74, 6) is 0.931. The molecule has 1 N–H and O–H groups in total. The Bertz CT molecular complexity index is 93.7. The molecule has 1 aliphatic heterocycles. The highest BCUT2D eigenvalue weighted by atomic mass is 15.1. The summed E-state index contributed by atoms with van der Waals surface area (Å²) in [6.45, 7) is 3.71. The Balaban J connectivity index is 2.20. The predicted octanol–water partition coefficient (Wildman–Crippen LogP) is 0.938. The summed E-state index contributed by atoms with van der Waals surface area (Å²) < 4.78 is 0. The van der Waals surface area contributed by atoms with Gasteiger partial charge >= 0.3 is 0 Å². The first-order valence-electron chi connectivity index (χ1n) is 4.64. The fourth-order valence-corrected chi connectivity index (χ4v) is 1.79. The second-order valence-electron chi connectivity index (χ2n) is 3.81. The standard InChI is InChI=1S/C9H20N2/c1-11(2)8-9-4-3-6-10-7-5-9/h9-10H,3-8H2,1-2H3. The second-order valence-corrected chi connectivity index (χ2v) is 3.81. The quantitative estimate of drug-likeness (QED) is 0.640. The van der Waals surface area contributed by atoms with E-state index in [9.17, 15) is 0 Å².